The Hall–Kier alpha value is -3.19. The molecular formula is C21H22N4O3. The van der Waals surface area contributed by atoms with Gasteiger partial charge in [-0.2, -0.15) is 5.10 Å². The number of amides is 1. The highest BCUT2D eigenvalue weighted by Crippen LogP contribution is 2.29. The van der Waals surface area contributed by atoms with Crippen molar-refractivity contribution in [3.05, 3.63) is 71.2 Å². The molecule has 0 aliphatic carbocycles. The summed E-state index contributed by atoms with van der Waals surface area (Å²) in [6.45, 7) is 3.87. The van der Waals surface area contributed by atoms with Crippen LogP contribution in [0, 0.1) is 13.8 Å². The molecule has 2 N–H and O–H groups in total. The topological polar surface area (TPSA) is 89.3 Å². The Balaban J connectivity index is 1.52. The van der Waals surface area contributed by atoms with Crippen molar-refractivity contribution < 1.29 is 14.6 Å². The van der Waals surface area contributed by atoms with Crippen LogP contribution < -0.4 is 10.1 Å². The maximum Gasteiger partial charge on any atom is 0.253 e. The lowest BCUT2D eigenvalue weighted by Gasteiger charge is -2.37. The van der Waals surface area contributed by atoms with Gasteiger partial charge in [0, 0.05) is 18.3 Å². The van der Waals surface area contributed by atoms with E-state index in [1.807, 2.05) is 44.2 Å². The quantitative estimate of drug-likeness (QED) is 0.725. The number of aryl methyl sites for hydroxylation is 2. The molecule has 0 spiro atoms. The minimum Gasteiger partial charge on any atom is -0.491 e. The standard InChI is InChI=1S/C21H22N4O3/c1-14-9-15(2)25(24-14)19-8-7-17(11-22-19)20(27)23-21(12-26)10-16-5-3-4-6-18(16)28-13-21/h3-9,11,26H,10,12-13H2,1-2H3,(H,23,27). The molecule has 1 aromatic carbocycles. The molecule has 1 amide bonds. The van der Waals surface area contributed by atoms with E-state index < -0.39 is 5.54 Å². The van der Waals surface area contributed by atoms with Crippen LogP contribution in [0.15, 0.2) is 48.7 Å². The van der Waals surface area contributed by atoms with E-state index in [9.17, 15) is 9.90 Å². The van der Waals surface area contributed by atoms with Crippen molar-refractivity contribution in [2.45, 2.75) is 25.8 Å². The number of nitrogens with one attached hydrogen (secondary N) is 1. The Labute approximate surface area is 163 Å². The molecular weight excluding hydrogens is 356 g/mol. The fourth-order valence-corrected chi connectivity index (χ4v) is 3.46. The predicted molar refractivity (Wildman–Crippen MR) is 104 cm³/mol. The van der Waals surface area contributed by atoms with Gasteiger partial charge in [0.05, 0.1) is 17.9 Å². The van der Waals surface area contributed by atoms with Gasteiger partial charge in [-0.05, 0) is 43.7 Å². The summed E-state index contributed by atoms with van der Waals surface area (Å²) in [5.74, 6) is 1.13. The molecule has 0 saturated carbocycles. The molecule has 1 aliphatic heterocycles. The van der Waals surface area contributed by atoms with Gasteiger partial charge in [-0.25, -0.2) is 9.67 Å². The van der Waals surface area contributed by atoms with Crippen LogP contribution in [0.5, 0.6) is 5.75 Å². The van der Waals surface area contributed by atoms with Crippen molar-refractivity contribution in [2.75, 3.05) is 13.2 Å². The second-order valence-corrected chi connectivity index (χ2v) is 7.21. The summed E-state index contributed by atoms with van der Waals surface area (Å²) >= 11 is 0. The summed E-state index contributed by atoms with van der Waals surface area (Å²) in [5.41, 5.74) is 2.39. The largest absolute Gasteiger partial charge is 0.491 e. The number of aromatic nitrogens is 3. The third kappa shape index (κ3) is 3.36. The molecule has 1 unspecified atom stereocenters. The van der Waals surface area contributed by atoms with Crippen molar-refractivity contribution in [1.29, 1.82) is 0 Å². The van der Waals surface area contributed by atoms with Crippen LogP contribution >= 0.6 is 0 Å². The van der Waals surface area contributed by atoms with E-state index in [4.69, 9.17) is 4.74 Å². The number of carbonyl (C=O) groups is 1. The second-order valence-electron chi connectivity index (χ2n) is 7.21. The number of aliphatic hydroxyl groups is 1. The van der Waals surface area contributed by atoms with Gasteiger partial charge in [0.25, 0.3) is 5.91 Å². The van der Waals surface area contributed by atoms with Gasteiger partial charge >= 0.3 is 0 Å². The van der Waals surface area contributed by atoms with E-state index in [0.29, 0.717) is 17.8 Å². The van der Waals surface area contributed by atoms with E-state index in [0.717, 1.165) is 22.7 Å². The molecule has 0 bridgehead atoms. The lowest BCUT2D eigenvalue weighted by atomic mass is 9.89. The van der Waals surface area contributed by atoms with Crippen LogP contribution in [0.2, 0.25) is 0 Å². The molecule has 0 radical (unpaired) electrons. The van der Waals surface area contributed by atoms with Crippen LogP contribution in [0.3, 0.4) is 0 Å². The van der Waals surface area contributed by atoms with Crippen LogP contribution in [-0.2, 0) is 6.42 Å². The summed E-state index contributed by atoms with van der Waals surface area (Å²) in [4.78, 5) is 17.1. The number of nitrogens with zero attached hydrogens (tertiary/aromatic N) is 3. The fourth-order valence-electron chi connectivity index (χ4n) is 3.46. The normalized spacial score (nSPS) is 18.2. The van der Waals surface area contributed by atoms with Crippen molar-refractivity contribution >= 4 is 5.91 Å². The molecule has 0 saturated heterocycles. The van der Waals surface area contributed by atoms with Crippen molar-refractivity contribution in [1.82, 2.24) is 20.1 Å². The van der Waals surface area contributed by atoms with Crippen LogP contribution in [0.4, 0.5) is 0 Å². The van der Waals surface area contributed by atoms with Crippen LogP contribution in [0.1, 0.15) is 27.3 Å². The van der Waals surface area contributed by atoms with Crippen LogP contribution in [-0.4, -0.2) is 44.5 Å². The van der Waals surface area contributed by atoms with Gasteiger partial charge < -0.3 is 15.2 Å². The Morgan fingerprint density at radius 1 is 1.29 bits per heavy atom. The first-order valence-electron chi connectivity index (χ1n) is 9.13. The number of fused-ring (bicyclic) bond motifs is 1. The maximum atomic E-state index is 12.8. The van der Waals surface area contributed by atoms with E-state index >= 15 is 0 Å². The molecule has 3 aromatic rings. The minimum atomic E-state index is -0.861. The van der Waals surface area contributed by atoms with Crippen molar-refractivity contribution in [3.8, 4) is 11.6 Å². The third-order valence-corrected chi connectivity index (χ3v) is 4.92. The molecule has 7 heteroatoms. The Bertz CT molecular complexity index is 1010. The molecule has 0 fully saturated rings. The lowest BCUT2D eigenvalue weighted by Crippen LogP contribution is -2.58. The molecule has 7 nitrogen and oxygen atoms in total. The lowest BCUT2D eigenvalue weighted by molar-refractivity contribution is 0.0653. The zero-order valence-corrected chi connectivity index (χ0v) is 15.8. The van der Waals surface area contributed by atoms with E-state index in [1.165, 1.54) is 6.20 Å². The van der Waals surface area contributed by atoms with Gasteiger partial charge in [-0.15, -0.1) is 0 Å². The molecule has 1 atom stereocenters. The molecule has 144 valence electrons. The van der Waals surface area contributed by atoms with E-state index in [-0.39, 0.29) is 19.1 Å². The second kappa shape index (κ2) is 7.09. The summed E-state index contributed by atoms with van der Waals surface area (Å²) in [7, 11) is 0. The highest BCUT2D eigenvalue weighted by Gasteiger charge is 2.37. The van der Waals surface area contributed by atoms with E-state index in [2.05, 4.69) is 15.4 Å². The maximum absolute atomic E-state index is 12.8. The average Bonchev–Trinajstić information content (AvgIpc) is 3.06. The smallest absolute Gasteiger partial charge is 0.253 e. The first-order valence-corrected chi connectivity index (χ1v) is 9.13. The number of hydrogen-bond acceptors (Lipinski definition) is 5. The molecule has 1 aliphatic rings. The zero-order chi connectivity index (χ0) is 19.7. The van der Waals surface area contributed by atoms with Crippen molar-refractivity contribution in [3.63, 3.8) is 0 Å². The van der Waals surface area contributed by atoms with Gasteiger partial charge in [-0.1, -0.05) is 18.2 Å². The number of rotatable bonds is 4. The number of hydrogen-bond donors (Lipinski definition) is 2. The van der Waals surface area contributed by atoms with Gasteiger partial charge in [0.1, 0.15) is 17.9 Å². The Morgan fingerprint density at radius 3 is 2.79 bits per heavy atom. The monoisotopic (exact) mass is 378 g/mol. The first kappa shape index (κ1) is 18.2. The van der Waals surface area contributed by atoms with Crippen molar-refractivity contribution in [2.24, 2.45) is 0 Å². The first-order chi connectivity index (χ1) is 13.5. The number of benzene rings is 1. The molecule has 3 heterocycles. The Morgan fingerprint density at radius 2 is 2.11 bits per heavy atom. The van der Waals surface area contributed by atoms with Gasteiger partial charge in [-0.3, -0.25) is 4.79 Å². The molecule has 4 rings (SSSR count). The molecule has 28 heavy (non-hydrogen) atoms. The Kier molecular flexibility index (Phi) is 4.60. The highest BCUT2D eigenvalue weighted by atomic mass is 16.5. The number of ether oxygens (including phenoxy) is 1. The number of aliphatic hydroxyl groups excluding tert-OH is 1. The van der Waals surface area contributed by atoms with Gasteiger partial charge in [0.15, 0.2) is 5.82 Å². The summed E-state index contributed by atoms with van der Waals surface area (Å²) in [6, 6.07) is 13.1. The SMILES string of the molecule is Cc1cc(C)n(-c2ccc(C(=O)NC3(CO)COc4ccccc4C3)cn2)n1. The minimum absolute atomic E-state index is 0.212. The summed E-state index contributed by atoms with van der Waals surface area (Å²) in [6.07, 6.45) is 2.02. The van der Waals surface area contributed by atoms with Gasteiger partial charge in [0.2, 0.25) is 0 Å². The molecule has 2 aromatic heterocycles. The summed E-state index contributed by atoms with van der Waals surface area (Å²) in [5, 5.41) is 17.3. The average molecular weight is 378 g/mol. The number of carbonyl (C=O) groups excluding carboxylic acids is 1. The summed E-state index contributed by atoms with van der Waals surface area (Å²) < 4.78 is 7.49. The highest BCUT2D eigenvalue weighted by molar-refractivity contribution is 5.94. The predicted octanol–water partition coefficient (Wildman–Crippen LogP) is 1.98. The van der Waals surface area contributed by atoms with Crippen LogP contribution in [0.25, 0.3) is 5.82 Å². The number of pyridine rings is 1. The third-order valence-electron chi connectivity index (χ3n) is 4.92. The zero-order valence-electron chi connectivity index (χ0n) is 15.8. The number of para-hydroxylation sites is 1. The fraction of sp³-hybridized carbons (Fsp3) is 0.286. The van der Waals surface area contributed by atoms with E-state index in [1.54, 1.807) is 16.8 Å².